The van der Waals surface area contributed by atoms with Gasteiger partial charge in [-0.05, 0) is 80.4 Å². The van der Waals surface area contributed by atoms with Gasteiger partial charge in [0.15, 0.2) is 5.82 Å². The third-order valence-corrected chi connectivity index (χ3v) is 8.63. The molecule has 1 aliphatic carbocycles. The molecule has 5 rings (SSSR count). The number of amides is 1. The molecule has 2 saturated heterocycles. The van der Waals surface area contributed by atoms with Gasteiger partial charge in [0, 0.05) is 56.9 Å². The molecule has 4 heterocycles. The molecule has 0 saturated carbocycles. The van der Waals surface area contributed by atoms with Crippen molar-refractivity contribution in [1.82, 2.24) is 20.0 Å². The predicted octanol–water partition coefficient (Wildman–Crippen LogP) is 4.69. The lowest BCUT2D eigenvalue weighted by Crippen LogP contribution is -2.42. The fourth-order valence-electron chi connectivity index (χ4n) is 5.94. The maximum atomic E-state index is 13.0. The molecule has 2 fully saturated rings. The highest BCUT2D eigenvalue weighted by Crippen LogP contribution is 2.33. The van der Waals surface area contributed by atoms with Gasteiger partial charge in [0.05, 0.1) is 6.61 Å². The van der Waals surface area contributed by atoms with Crippen LogP contribution >= 0.6 is 0 Å². The maximum Gasteiger partial charge on any atom is 0.324 e. The summed E-state index contributed by atoms with van der Waals surface area (Å²) in [7, 11) is 0. The number of allylic oxidation sites excluding steroid dienone is 2. The van der Waals surface area contributed by atoms with Gasteiger partial charge in [-0.15, -0.1) is 0 Å². The number of pyridine rings is 1. The van der Waals surface area contributed by atoms with Crippen LogP contribution in [0.15, 0.2) is 28.9 Å². The summed E-state index contributed by atoms with van der Waals surface area (Å²) in [5, 5.41) is 13.2. The van der Waals surface area contributed by atoms with Crippen LogP contribution in [0.2, 0.25) is 0 Å². The number of hydrogen-bond donors (Lipinski definition) is 1. The first-order valence-corrected chi connectivity index (χ1v) is 14.8. The number of likely N-dealkylation sites (tertiary alicyclic amines) is 1. The van der Waals surface area contributed by atoms with Crippen LogP contribution in [0.4, 0.5) is 6.01 Å². The van der Waals surface area contributed by atoms with Crippen molar-refractivity contribution in [3.8, 4) is 5.88 Å². The third kappa shape index (κ3) is 6.99. The molecule has 2 aromatic heterocycles. The zero-order valence-electron chi connectivity index (χ0n) is 23.4. The Labute approximate surface area is 231 Å². The van der Waals surface area contributed by atoms with Crippen molar-refractivity contribution >= 4 is 17.5 Å². The molecule has 1 N–H and O–H groups in total. The van der Waals surface area contributed by atoms with Crippen molar-refractivity contribution in [2.45, 2.75) is 71.1 Å². The minimum Gasteiger partial charge on any atom is -0.477 e. The smallest absolute Gasteiger partial charge is 0.324 e. The fourth-order valence-corrected chi connectivity index (χ4v) is 5.94. The van der Waals surface area contributed by atoms with Crippen LogP contribution in [0.3, 0.4) is 0 Å². The Morgan fingerprint density at radius 1 is 1.10 bits per heavy atom. The lowest BCUT2D eigenvalue weighted by Gasteiger charge is -2.35. The predicted molar refractivity (Wildman–Crippen MR) is 149 cm³/mol. The van der Waals surface area contributed by atoms with Gasteiger partial charge in [0.1, 0.15) is 0 Å². The number of rotatable bonds is 9. The Morgan fingerprint density at radius 2 is 1.87 bits per heavy atom. The highest BCUT2D eigenvalue weighted by Gasteiger charge is 2.29. The van der Waals surface area contributed by atoms with Crippen molar-refractivity contribution in [1.29, 1.82) is 0 Å². The summed E-state index contributed by atoms with van der Waals surface area (Å²) in [6.45, 7) is 8.48. The van der Waals surface area contributed by atoms with E-state index in [9.17, 15) is 4.79 Å². The lowest BCUT2D eigenvalue weighted by atomic mass is 9.85. The zero-order chi connectivity index (χ0) is 27.2. The highest BCUT2D eigenvalue weighted by molar-refractivity contribution is 5.80. The normalized spacial score (nSPS) is 21.3. The summed E-state index contributed by atoms with van der Waals surface area (Å²) in [5.41, 5.74) is 2.39. The van der Waals surface area contributed by atoms with Crippen LogP contribution in [-0.4, -0.2) is 70.4 Å². The van der Waals surface area contributed by atoms with Crippen molar-refractivity contribution in [2.24, 2.45) is 17.8 Å². The molecular weight excluding hydrogens is 494 g/mol. The van der Waals surface area contributed by atoms with Gasteiger partial charge in [0.2, 0.25) is 11.8 Å². The largest absolute Gasteiger partial charge is 0.477 e. The van der Waals surface area contributed by atoms with Gasteiger partial charge in [-0.3, -0.25) is 4.79 Å². The fraction of sp³-hybridized carbons (Fsp3) is 0.667. The molecule has 3 aliphatic rings. The van der Waals surface area contributed by atoms with E-state index in [4.69, 9.17) is 14.4 Å². The molecule has 0 spiro atoms. The van der Waals surface area contributed by atoms with Crippen LogP contribution < -0.4 is 9.64 Å². The van der Waals surface area contributed by atoms with Crippen molar-refractivity contribution in [3.63, 3.8) is 0 Å². The molecule has 0 bridgehead atoms. The lowest BCUT2D eigenvalue weighted by molar-refractivity contribution is -0.137. The topological polar surface area (TPSA) is 105 Å². The SMILES string of the molecule is CC(C)c1noc(N2CCC(COc3ccc(C4=CCC(C(=O)N5CCC(CCO)CC5)CC4)cn3)CC2)n1. The summed E-state index contributed by atoms with van der Waals surface area (Å²) in [6.07, 6.45) is 11.6. The molecule has 1 amide bonds. The van der Waals surface area contributed by atoms with E-state index < -0.39 is 0 Å². The molecular formula is C30H43N5O4. The summed E-state index contributed by atoms with van der Waals surface area (Å²) in [4.78, 5) is 26.3. The number of ether oxygens (including phenoxy) is 1. The summed E-state index contributed by atoms with van der Waals surface area (Å²) in [5.74, 6) is 3.11. The first kappa shape index (κ1) is 27.6. The van der Waals surface area contributed by atoms with E-state index in [1.165, 1.54) is 5.57 Å². The Balaban J connectivity index is 1.04. The van der Waals surface area contributed by atoms with E-state index >= 15 is 0 Å². The molecule has 2 aliphatic heterocycles. The second kappa shape index (κ2) is 12.9. The van der Waals surface area contributed by atoms with Crippen LogP contribution in [0.1, 0.15) is 82.5 Å². The van der Waals surface area contributed by atoms with Gasteiger partial charge in [-0.2, -0.15) is 4.98 Å². The molecule has 1 unspecified atom stereocenters. The van der Waals surface area contributed by atoms with Gasteiger partial charge in [0.25, 0.3) is 0 Å². The number of aliphatic hydroxyl groups is 1. The Bertz CT molecular complexity index is 1100. The first-order chi connectivity index (χ1) is 19.0. The molecule has 212 valence electrons. The number of anilines is 1. The number of piperidine rings is 2. The molecule has 1 atom stereocenters. The van der Waals surface area contributed by atoms with Crippen molar-refractivity contribution < 1.29 is 19.2 Å². The molecule has 0 radical (unpaired) electrons. The second-order valence-electron chi connectivity index (χ2n) is 11.7. The van der Waals surface area contributed by atoms with Crippen molar-refractivity contribution in [2.75, 3.05) is 44.3 Å². The van der Waals surface area contributed by atoms with Gasteiger partial charge in [-0.1, -0.05) is 25.1 Å². The van der Waals surface area contributed by atoms with Crippen molar-refractivity contribution in [3.05, 3.63) is 35.8 Å². The maximum absolute atomic E-state index is 13.0. The Morgan fingerprint density at radius 3 is 2.49 bits per heavy atom. The number of nitrogens with zero attached hydrogens (tertiary/aromatic N) is 5. The minimum atomic E-state index is 0.0854. The number of aliphatic hydroxyl groups excluding tert-OH is 1. The minimum absolute atomic E-state index is 0.0854. The van der Waals surface area contributed by atoms with Crippen LogP contribution in [0, 0.1) is 17.8 Å². The number of carbonyl (C=O) groups is 1. The number of aromatic nitrogens is 3. The van der Waals surface area contributed by atoms with Gasteiger partial charge in [-0.25, -0.2) is 4.98 Å². The molecule has 0 aromatic carbocycles. The van der Waals surface area contributed by atoms with E-state index in [0.29, 0.717) is 36.2 Å². The Kier molecular flexibility index (Phi) is 9.17. The summed E-state index contributed by atoms with van der Waals surface area (Å²) < 4.78 is 11.5. The summed E-state index contributed by atoms with van der Waals surface area (Å²) in [6, 6.07) is 4.68. The average Bonchev–Trinajstić information content (AvgIpc) is 3.48. The van der Waals surface area contributed by atoms with E-state index in [0.717, 1.165) is 88.9 Å². The number of hydrogen-bond acceptors (Lipinski definition) is 8. The monoisotopic (exact) mass is 537 g/mol. The standard InChI is InChI=1S/C30H43N5O4/c1-21(2)28-32-30(39-33-28)35-16-11-23(12-17-35)20-38-27-8-7-26(19-31-27)24-3-5-25(6-4-24)29(37)34-14-9-22(10-15-34)13-18-36/h3,7-8,19,21-23,25,36H,4-6,9-18,20H2,1-2H3. The van der Waals surface area contributed by atoms with Gasteiger partial charge >= 0.3 is 6.01 Å². The Hall–Kier alpha value is -2.94. The van der Waals surface area contributed by atoms with E-state index in [1.807, 2.05) is 17.2 Å². The van der Waals surface area contributed by atoms with Gasteiger partial charge < -0.3 is 24.2 Å². The van der Waals surface area contributed by atoms with E-state index in [1.54, 1.807) is 0 Å². The summed E-state index contributed by atoms with van der Waals surface area (Å²) >= 11 is 0. The van der Waals surface area contributed by atoms with E-state index in [-0.39, 0.29) is 18.4 Å². The molecule has 9 heteroatoms. The average molecular weight is 538 g/mol. The van der Waals surface area contributed by atoms with Crippen LogP contribution in [0.5, 0.6) is 5.88 Å². The first-order valence-electron chi connectivity index (χ1n) is 14.8. The molecule has 2 aromatic rings. The quantitative estimate of drug-likeness (QED) is 0.491. The number of carbonyl (C=O) groups excluding carboxylic acids is 1. The molecule has 39 heavy (non-hydrogen) atoms. The van der Waals surface area contributed by atoms with E-state index in [2.05, 4.69) is 46.0 Å². The second-order valence-corrected chi connectivity index (χ2v) is 11.7. The zero-order valence-corrected chi connectivity index (χ0v) is 23.4. The van der Waals surface area contributed by atoms with Crippen LogP contribution in [0.25, 0.3) is 5.57 Å². The third-order valence-electron chi connectivity index (χ3n) is 8.63. The van der Waals surface area contributed by atoms with Crippen LogP contribution in [-0.2, 0) is 4.79 Å². The highest BCUT2D eigenvalue weighted by atomic mass is 16.5. The molecule has 9 nitrogen and oxygen atoms in total.